The van der Waals surface area contributed by atoms with E-state index in [1.54, 1.807) is 0 Å². The number of ether oxygens (including phenoxy) is 1. The van der Waals surface area contributed by atoms with Crippen LogP contribution in [0.25, 0.3) is 43.6 Å². The highest BCUT2D eigenvalue weighted by Crippen LogP contribution is 2.51. The second kappa shape index (κ2) is 8.06. The first-order chi connectivity index (χ1) is 17.1. The van der Waals surface area contributed by atoms with Crippen molar-refractivity contribution < 1.29 is 4.74 Å². The summed E-state index contributed by atoms with van der Waals surface area (Å²) in [5.74, 6) is 1.91. The van der Waals surface area contributed by atoms with Crippen LogP contribution in [0.3, 0.4) is 0 Å². The molecule has 0 saturated heterocycles. The first kappa shape index (κ1) is 23.0. The molecule has 0 N–H and O–H groups in total. The quantitative estimate of drug-likeness (QED) is 0.239. The summed E-state index contributed by atoms with van der Waals surface area (Å²) in [4.78, 5) is 4.94. The highest BCUT2D eigenvalue weighted by Gasteiger charge is 2.28. The molecule has 0 saturated carbocycles. The van der Waals surface area contributed by atoms with E-state index in [2.05, 4.69) is 102 Å². The Morgan fingerprint density at radius 1 is 0.750 bits per heavy atom. The van der Waals surface area contributed by atoms with Crippen molar-refractivity contribution in [1.82, 2.24) is 4.98 Å². The van der Waals surface area contributed by atoms with Crippen LogP contribution >= 0.6 is 0 Å². The molecule has 0 unspecified atom stereocenters. The zero-order valence-electron chi connectivity index (χ0n) is 22.3. The standard InChI is InChI=1S/C34H35NO/c1-33(2,3)16-14-21-11-9-13-24-25-15-17-35-31-27-18-22-10-7-8-12-23(22)28(20-34(4,5)6)32(27)36-29(30(25)31)19-26(21)24/h7-13,15,17-19H,14,16,20H2,1-6H3. The number of pyridine rings is 1. The van der Waals surface area contributed by atoms with Crippen LogP contribution in [0.4, 0.5) is 0 Å². The van der Waals surface area contributed by atoms with E-state index in [1.165, 1.54) is 38.1 Å². The Morgan fingerprint density at radius 2 is 1.53 bits per heavy atom. The van der Waals surface area contributed by atoms with E-state index >= 15 is 0 Å². The van der Waals surface area contributed by atoms with Gasteiger partial charge in [-0.05, 0) is 80.8 Å². The van der Waals surface area contributed by atoms with Gasteiger partial charge in [-0.1, -0.05) is 84.0 Å². The van der Waals surface area contributed by atoms with Gasteiger partial charge in [-0.2, -0.15) is 0 Å². The maximum atomic E-state index is 6.90. The number of hydrogen-bond acceptors (Lipinski definition) is 2. The molecule has 0 amide bonds. The fourth-order valence-corrected chi connectivity index (χ4v) is 5.68. The monoisotopic (exact) mass is 473 g/mol. The summed E-state index contributed by atoms with van der Waals surface area (Å²) in [6.07, 6.45) is 5.11. The van der Waals surface area contributed by atoms with Crippen molar-refractivity contribution >= 4 is 32.3 Å². The molecule has 0 atom stereocenters. The summed E-state index contributed by atoms with van der Waals surface area (Å²) in [6, 6.07) is 22.1. The molecule has 2 heteroatoms. The van der Waals surface area contributed by atoms with E-state index in [0.717, 1.165) is 47.4 Å². The summed E-state index contributed by atoms with van der Waals surface area (Å²) in [5, 5.41) is 7.44. The minimum absolute atomic E-state index is 0.129. The van der Waals surface area contributed by atoms with E-state index in [9.17, 15) is 0 Å². The lowest BCUT2D eigenvalue weighted by Gasteiger charge is -2.28. The Hall–Kier alpha value is -3.39. The molecule has 2 nitrogen and oxygen atoms in total. The van der Waals surface area contributed by atoms with E-state index < -0.39 is 0 Å². The third-order valence-electron chi connectivity index (χ3n) is 7.38. The highest BCUT2D eigenvalue weighted by atomic mass is 16.5. The number of nitrogens with zero attached hydrogens (tertiary/aromatic N) is 1. The average Bonchev–Trinajstić information content (AvgIpc) is 2.82. The molecule has 0 bridgehead atoms. The Labute approximate surface area is 214 Å². The van der Waals surface area contributed by atoms with Crippen molar-refractivity contribution in [2.75, 3.05) is 0 Å². The molecule has 4 aromatic carbocycles. The highest BCUT2D eigenvalue weighted by molar-refractivity contribution is 6.17. The van der Waals surface area contributed by atoms with Crippen LogP contribution in [0.2, 0.25) is 0 Å². The van der Waals surface area contributed by atoms with Crippen LogP contribution in [-0.4, -0.2) is 4.98 Å². The first-order valence-electron chi connectivity index (χ1n) is 13.2. The smallest absolute Gasteiger partial charge is 0.140 e. The van der Waals surface area contributed by atoms with Crippen molar-refractivity contribution in [3.05, 3.63) is 78.0 Å². The van der Waals surface area contributed by atoms with Crippen molar-refractivity contribution in [3.8, 4) is 22.8 Å². The molecule has 1 aliphatic rings. The summed E-state index contributed by atoms with van der Waals surface area (Å²) >= 11 is 0. The molecule has 6 rings (SSSR count). The minimum atomic E-state index is 0.129. The van der Waals surface area contributed by atoms with Crippen molar-refractivity contribution in [3.63, 3.8) is 0 Å². The molecule has 0 aliphatic carbocycles. The fourth-order valence-electron chi connectivity index (χ4n) is 5.68. The molecule has 1 aliphatic heterocycles. The predicted molar refractivity (Wildman–Crippen MR) is 153 cm³/mol. The lowest BCUT2D eigenvalue weighted by atomic mass is 9.83. The van der Waals surface area contributed by atoms with Gasteiger partial charge in [0.2, 0.25) is 0 Å². The second-order valence-corrected chi connectivity index (χ2v) is 12.8. The van der Waals surface area contributed by atoms with Gasteiger partial charge in [-0.15, -0.1) is 0 Å². The molecule has 0 radical (unpaired) electrons. The number of rotatable bonds is 3. The zero-order valence-corrected chi connectivity index (χ0v) is 22.3. The van der Waals surface area contributed by atoms with E-state index in [4.69, 9.17) is 9.72 Å². The van der Waals surface area contributed by atoms with Gasteiger partial charge >= 0.3 is 0 Å². The topological polar surface area (TPSA) is 22.1 Å². The van der Waals surface area contributed by atoms with Gasteiger partial charge in [0.15, 0.2) is 0 Å². The van der Waals surface area contributed by atoms with E-state index in [-0.39, 0.29) is 5.41 Å². The van der Waals surface area contributed by atoms with Crippen molar-refractivity contribution in [2.24, 2.45) is 10.8 Å². The van der Waals surface area contributed by atoms with Crippen LogP contribution in [0, 0.1) is 10.8 Å². The summed E-state index contributed by atoms with van der Waals surface area (Å²) in [5.41, 5.74) is 5.23. The zero-order chi connectivity index (χ0) is 25.2. The van der Waals surface area contributed by atoms with Gasteiger partial charge < -0.3 is 4.74 Å². The van der Waals surface area contributed by atoms with Crippen molar-refractivity contribution in [1.29, 1.82) is 0 Å². The molecule has 182 valence electrons. The Bertz CT molecular complexity index is 1650. The van der Waals surface area contributed by atoms with Crippen LogP contribution in [0.5, 0.6) is 11.5 Å². The second-order valence-electron chi connectivity index (χ2n) is 12.8. The van der Waals surface area contributed by atoms with Crippen molar-refractivity contribution in [2.45, 2.75) is 60.8 Å². The lowest BCUT2D eigenvalue weighted by Crippen LogP contribution is -2.12. The van der Waals surface area contributed by atoms with Gasteiger partial charge in [0.1, 0.15) is 11.5 Å². The number of hydrogen-bond donors (Lipinski definition) is 0. The molecule has 2 heterocycles. The predicted octanol–water partition coefficient (Wildman–Crippen LogP) is 9.88. The maximum Gasteiger partial charge on any atom is 0.140 e. The van der Waals surface area contributed by atoms with Gasteiger partial charge in [-0.3, -0.25) is 4.98 Å². The number of fused-ring (bicyclic) bond motifs is 5. The Morgan fingerprint density at radius 3 is 2.31 bits per heavy atom. The van der Waals surface area contributed by atoms with Crippen LogP contribution in [-0.2, 0) is 12.8 Å². The number of benzene rings is 4. The third-order valence-corrected chi connectivity index (χ3v) is 7.38. The molecule has 1 aromatic heterocycles. The lowest BCUT2D eigenvalue weighted by molar-refractivity contribution is 0.378. The van der Waals surface area contributed by atoms with Crippen LogP contribution in [0.15, 0.2) is 66.9 Å². The molecule has 0 spiro atoms. The van der Waals surface area contributed by atoms with Gasteiger partial charge in [0, 0.05) is 17.3 Å². The van der Waals surface area contributed by atoms with Gasteiger partial charge in [-0.25, -0.2) is 0 Å². The summed E-state index contributed by atoms with van der Waals surface area (Å²) in [7, 11) is 0. The SMILES string of the molecule is CC(C)(C)CCc1cccc2c1cc1c3c(nccc32)-c2cc3ccccc3c(CC(C)(C)C)c2O1. The maximum absolute atomic E-state index is 6.90. The number of aryl methyl sites for hydroxylation is 1. The first-order valence-corrected chi connectivity index (χ1v) is 13.2. The normalized spacial score (nSPS) is 13.3. The summed E-state index contributed by atoms with van der Waals surface area (Å²) < 4.78 is 6.90. The third kappa shape index (κ3) is 3.93. The fraction of sp³-hybridized carbons (Fsp3) is 0.324. The molecule has 0 fully saturated rings. The Balaban J connectivity index is 1.64. The minimum Gasteiger partial charge on any atom is -0.456 e. The van der Waals surface area contributed by atoms with Gasteiger partial charge in [0.25, 0.3) is 0 Å². The Kier molecular flexibility index (Phi) is 5.16. The largest absolute Gasteiger partial charge is 0.456 e. The molecular weight excluding hydrogens is 438 g/mol. The van der Waals surface area contributed by atoms with E-state index in [0.29, 0.717) is 5.41 Å². The van der Waals surface area contributed by atoms with Crippen LogP contribution < -0.4 is 4.74 Å². The van der Waals surface area contributed by atoms with E-state index in [1.807, 2.05) is 6.20 Å². The number of aromatic nitrogens is 1. The van der Waals surface area contributed by atoms with Gasteiger partial charge in [0.05, 0.1) is 11.1 Å². The van der Waals surface area contributed by atoms with Crippen LogP contribution in [0.1, 0.15) is 59.1 Å². The molecular formula is C34H35NO. The molecule has 36 heavy (non-hydrogen) atoms. The summed E-state index contributed by atoms with van der Waals surface area (Å²) in [6.45, 7) is 13.8. The molecule has 5 aromatic rings. The average molecular weight is 474 g/mol.